The van der Waals surface area contributed by atoms with Gasteiger partial charge in [-0.3, -0.25) is 9.48 Å². The molecule has 0 fully saturated rings. The summed E-state index contributed by atoms with van der Waals surface area (Å²) >= 11 is 0. The lowest BCUT2D eigenvalue weighted by atomic mass is 10.3. The Morgan fingerprint density at radius 3 is 2.85 bits per heavy atom. The van der Waals surface area contributed by atoms with Gasteiger partial charge in [0.15, 0.2) is 5.69 Å². The molecule has 0 aliphatic heterocycles. The molecule has 7 heteroatoms. The van der Waals surface area contributed by atoms with Crippen molar-refractivity contribution in [1.29, 1.82) is 0 Å². The van der Waals surface area contributed by atoms with Crippen molar-refractivity contribution in [3.05, 3.63) is 36.3 Å². The van der Waals surface area contributed by atoms with Gasteiger partial charge in [0.25, 0.3) is 5.91 Å². The maximum absolute atomic E-state index is 11.5. The summed E-state index contributed by atoms with van der Waals surface area (Å²) in [6.07, 6.45) is 3.65. The fourth-order valence-electron chi connectivity index (χ4n) is 1.77. The Labute approximate surface area is 117 Å². The molecule has 0 aliphatic rings. The maximum Gasteiger partial charge on any atom is 0.271 e. The summed E-state index contributed by atoms with van der Waals surface area (Å²) in [5.41, 5.74) is 0.317. The summed E-state index contributed by atoms with van der Waals surface area (Å²) < 4.78 is 1.84. The average molecular weight is 274 g/mol. The van der Waals surface area contributed by atoms with Crippen LogP contribution in [-0.2, 0) is 6.54 Å². The number of carbonyl (C=O) groups is 1. The van der Waals surface area contributed by atoms with Gasteiger partial charge in [-0.25, -0.2) is 0 Å². The highest BCUT2D eigenvalue weighted by atomic mass is 16.1. The molecular formula is C13H18N6O. The largest absolute Gasteiger partial charge is 0.364 e. The van der Waals surface area contributed by atoms with Crippen molar-refractivity contribution < 1.29 is 4.79 Å². The van der Waals surface area contributed by atoms with Gasteiger partial charge >= 0.3 is 0 Å². The minimum absolute atomic E-state index is 0.152. The van der Waals surface area contributed by atoms with E-state index >= 15 is 0 Å². The van der Waals surface area contributed by atoms with E-state index in [1.165, 1.54) is 0 Å². The highest BCUT2D eigenvalue weighted by Gasteiger charge is 2.08. The fraction of sp³-hybridized carbons (Fsp3) is 0.385. The first-order chi connectivity index (χ1) is 9.69. The van der Waals surface area contributed by atoms with Gasteiger partial charge in [0.1, 0.15) is 5.82 Å². The van der Waals surface area contributed by atoms with E-state index in [9.17, 15) is 4.79 Å². The van der Waals surface area contributed by atoms with E-state index in [2.05, 4.69) is 25.9 Å². The molecule has 2 rings (SSSR count). The summed E-state index contributed by atoms with van der Waals surface area (Å²) in [7, 11) is 0. The number of anilines is 1. The van der Waals surface area contributed by atoms with Gasteiger partial charge in [-0.05, 0) is 32.0 Å². The van der Waals surface area contributed by atoms with E-state index in [-0.39, 0.29) is 11.9 Å². The Hall–Kier alpha value is -2.44. The van der Waals surface area contributed by atoms with Gasteiger partial charge in [-0.1, -0.05) is 0 Å². The quantitative estimate of drug-likeness (QED) is 0.818. The van der Waals surface area contributed by atoms with Gasteiger partial charge in [0.05, 0.1) is 6.54 Å². The van der Waals surface area contributed by atoms with E-state index in [1.54, 1.807) is 18.3 Å². The van der Waals surface area contributed by atoms with Crippen molar-refractivity contribution in [2.24, 2.45) is 0 Å². The van der Waals surface area contributed by atoms with Crippen molar-refractivity contribution in [2.45, 2.75) is 26.4 Å². The van der Waals surface area contributed by atoms with Gasteiger partial charge in [0, 0.05) is 25.0 Å². The summed E-state index contributed by atoms with van der Waals surface area (Å²) in [4.78, 5) is 11.5. The second-order valence-electron chi connectivity index (χ2n) is 4.44. The number of rotatable bonds is 6. The van der Waals surface area contributed by atoms with Crippen LogP contribution in [0.4, 0.5) is 5.82 Å². The molecule has 0 spiro atoms. The number of amides is 1. The van der Waals surface area contributed by atoms with Crippen LogP contribution in [0.15, 0.2) is 30.6 Å². The third kappa shape index (κ3) is 3.78. The molecular weight excluding hydrogens is 256 g/mol. The zero-order valence-electron chi connectivity index (χ0n) is 11.6. The average Bonchev–Trinajstić information content (AvgIpc) is 2.92. The molecule has 2 aromatic heterocycles. The van der Waals surface area contributed by atoms with Crippen LogP contribution in [0.5, 0.6) is 0 Å². The number of aromatic nitrogens is 4. The molecule has 0 aliphatic carbocycles. The van der Waals surface area contributed by atoms with Crippen LogP contribution in [0.25, 0.3) is 0 Å². The molecule has 0 radical (unpaired) electrons. The summed E-state index contributed by atoms with van der Waals surface area (Å²) in [6.45, 7) is 5.19. The molecule has 2 N–H and O–H groups in total. The van der Waals surface area contributed by atoms with E-state index < -0.39 is 0 Å². The lowest BCUT2D eigenvalue weighted by molar-refractivity contribution is 0.0950. The first-order valence-electron chi connectivity index (χ1n) is 6.55. The predicted octanol–water partition coefficient (Wildman–Crippen LogP) is 0.923. The van der Waals surface area contributed by atoms with Crippen molar-refractivity contribution in [2.75, 3.05) is 11.9 Å². The molecule has 1 atom stereocenters. The molecule has 1 unspecified atom stereocenters. The zero-order valence-corrected chi connectivity index (χ0v) is 11.6. The van der Waals surface area contributed by atoms with E-state index in [0.29, 0.717) is 18.1 Å². The smallest absolute Gasteiger partial charge is 0.271 e. The van der Waals surface area contributed by atoms with Crippen molar-refractivity contribution in [3.63, 3.8) is 0 Å². The van der Waals surface area contributed by atoms with Crippen LogP contribution < -0.4 is 10.6 Å². The Morgan fingerprint density at radius 1 is 1.40 bits per heavy atom. The maximum atomic E-state index is 11.5. The zero-order chi connectivity index (χ0) is 14.4. The minimum Gasteiger partial charge on any atom is -0.364 e. The Morgan fingerprint density at radius 2 is 2.25 bits per heavy atom. The van der Waals surface area contributed by atoms with Gasteiger partial charge in [0.2, 0.25) is 0 Å². The number of nitrogens with zero attached hydrogens (tertiary/aromatic N) is 4. The number of nitrogens with one attached hydrogen (secondary N) is 2. The number of hydrogen-bond donors (Lipinski definition) is 2. The summed E-state index contributed by atoms with van der Waals surface area (Å²) in [5, 5.41) is 17.9. The second-order valence-corrected chi connectivity index (χ2v) is 4.44. The molecule has 7 nitrogen and oxygen atoms in total. The molecule has 1 amide bonds. The minimum atomic E-state index is -0.212. The lowest BCUT2D eigenvalue weighted by Crippen LogP contribution is -2.25. The standard InChI is InChI=1S/C13H18N6O/c1-3-14-13(20)11-5-6-12(18-17-11)16-10(2)9-19-8-4-7-15-19/h4-8,10H,3,9H2,1-2H3,(H,14,20)(H,16,18). The summed E-state index contributed by atoms with van der Waals surface area (Å²) in [6, 6.07) is 5.44. The monoisotopic (exact) mass is 274 g/mol. The second kappa shape index (κ2) is 6.65. The molecule has 0 saturated carbocycles. The SMILES string of the molecule is CCNC(=O)c1ccc(NC(C)Cn2cccn2)nn1. The van der Waals surface area contributed by atoms with Crippen molar-refractivity contribution >= 4 is 11.7 Å². The normalized spacial score (nSPS) is 11.9. The lowest BCUT2D eigenvalue weighted by Gasteiger charge is -2.14. The highest BCUT2D eigenvalue weighted by Crippen LogP contribution is 2.05. The van der Waals surface area contributed by atoms with Crippen LogP contribution in [-0.4, -0.2) is 38.5 Å². The Bertz CT molecular complexity index is 536. The Balaban J connectivity index is 1.91. The van der Waals surface area contributed by atoms with Crippen LogP contribution in [0.3, 0.4) is 0 Å². The topological polar surface area (TPSA) is 84.7 Å². The van der Waals surface area contributed by atoms with Crippen LogP contribution >= 0.6 is 0 Å². The summed E-state index contributed by atoms with van der Waals surface area (Å²) in [5.74, 6) is 0.425. The Kier molecular flexibility index (Phi) is 4.65. The van der Waals surface area contributed by atoms with E-state index in [1.807, 2.05) is 30.8 Å². The van der Waals surface area contributed by atoms with Crippen LogP contribution in [0, 0.1) is 0 Å². The highest BCUT2D eigenvalue weighted by molar-refractivity contribution is 5.92. The third-order valence-corrected chi connectivity index (χ3v) is 2.65. The first-order valence-corrected chi connectivity index (χ1v) is 6.55. The van der Waals surface area contributed by atoms with Gasteiger partial charge in [-0.15, -0.1) is 10.2 Å². The molecule has 2 aromatic rings. The molecule has 0 bridgehead atoms. The molecule has 106 valence electrons. The molecule has 0 saturated heterocycles. The number of hydrogen-bond acceptors (Lipinski definition) is 5. The van der Waals surface area contributed by atoms with Crippen LogP contribution in [0.1, 0.15) is 24.3 Å². The van der Waals surface area contributed by atoms with Crippen LogP contribution in [0.2, 0.25) is 0 Å². The first kappa shape index (κ1) is 14.0. The van der Waals surface area contributed by atoms with E-state index in [0.717, 1.165) is 6.54 Å². The predicted molar refractivity (Wildman–Crippen MR) is 75.4 cm³/mol. The fourth-order valence-corrected chi connectivity index (χ4v) is 1.77. The van der Waals surface area contributed by atoms with Gasteiger partial charge in [-0.2, -0.15) is 5.10 Å². The van der Waals surface area contributed by atoms with Gasteiger partial charge < -0.3 is 10.6 Å². The van der Waals surface area contributed by atoms with Crippen molar-refractivity contribution in [1.82, 2.24) is 25.3 Å². The molecule has 20 heavy (non-hydrogen) atoms. The third-order valence-electron chi connectivity index (χ3n) is 2.65. The molecule has 2 heterocycles. The number of carbonyl (C=O) groups excluding carboxylic acids is 1. The van der Waals surface area contributed by atoms with Crippen molar-refractivity contribution in [3.8, 4) is 0 Å². The van der Waals surface area contributed by atoms with E-state index in [4.69, 9.17) is 0 Å². The molecule has 0 aromatic carbocycles.